The van der Waals surface area contributed by atoms with Gasteiger partial charge in [-0.25, -0.2) is 0 Å². The highest BCUT2D eigenvalue weighted by Crippen LogP contribution is 2.41. The van der Waals surface area contributed by atoms with Gasteiger partial charge in [0.1, 0.15) is 11.9 Å². The van der Waals surface area contributed by atoms with E-state index in [2.05, 4.69) is 12.5 Å². The minimum atomic E-state index is -6.13. The Hall–Kier alpha value is -5.77. The van der Waals surface area contributed by atoms with E-state index in [-0.39, 0.29) is 21.5 Å². The van der Waals surface area contributed by atoms with Crippen LogP contribution in [-0.2, 0) is 66.1 Å². The van der Waals surface area contributed by atoms with Crippen LogP contribution in [0.3, 0.4) is 0 Å². The lowest BCUT2D eigenvalue weighted by molar-refractivity contribution is -0.385. The summed E-state index contributed by atoms with van der Waals surface area (Å²) in [5, 5.41) is 10.6. The van der Waals surface area contributed by atoms with E-state index in [1.807, 2.05) is 12.1 Å². The first-order chi connectivity index (χ1) is 31.4. The molecule has 0 aliphatic heterocycles. The molecule has 5 aromatic carbocycles. The van der Waals surface area contributed by atoms with Crippen LogP contribution in [0.15, 0.2) is 97.1 Å². The highest BCUT2D eigenvalue weighted by Gasteiger charge is 2.47. The molecule has 0 unspecified atom stereocenters. The molecule has 0 atom stereocenters. The van der Waals surface area contributed by atoms with Gasteiger partial charge in [-0.1, -0.05) is 60.7 Å². The first kappa shape index (κ1) is 56.8. The number of nitrogens with zero attached hydrogens (tertiary/aromatic N) is 1. The average Bonchev–Trinajstić information content (AvgIpc) is 3.18. The van der Waals surface area contributed by atoms with Gasteiger partial charge in [0.15, 0.2) is 0 Å². The zero-order chi connectivity index (χ0) is 53.8. The maximum atomic E-state index is 14.2. The van der Waals surface area contributed by atoms with Crippen LogP contribution in [0.4, 0.5) is 111 Å². The molecule has 0 aromatic heterocycles. The molecule has 0 saturated heterocycles. The number of halogens is 24. The highest BCUT2D eigenvalue weighted by atomic mass is 32.2. The van der Waals surface area contributed by atoms with E-state index < -0.39 is 195 Å². The Morgan fingerprint density at radius 3 is 0.757 bits per heavy atom. The normalized spacial score (nSPS) is 13.6. The van der Waals surface area contributed by atoms with Crippen LogP contribution in [0, 0.1) is 10.1 Å². The van der Waals surface area contributed by atoms with Crippen molar-refractivity contribution in [2.75, 3.05) is 12.5 Å². The zero-order valence-electron chi connectivity index (χ0n) is 34.3. The molecule has 382 valence electrons. The predicted molar refractivity (Wildman–Crippen MR) is 206 cm³/mol. The molecule has 0 radical (unpaired) electrons. The smallest absolute Gasteiger partial charge is 0.258 e. The van der Waals surface area contributed by atoms with Crippen molar-refractivity contribution in [3.8, 4) is 0 Å². The van der Waals surface area contributed by atoms with Gasteiger partial charge < -0.3 is 0 Å². The topological polar surface area (TPSA) is 43.1 Å². The van der Waals surface area contributed by atoms with Crippen molar-refractivity contribution in [3.05, 3.63) is 157 Å². The molecule has 0 bridgehead atoms. The molecular weight excluding hydrogens is 1040 g/mol. The van der Waals surface area contributed by atoms with E-state index in [1.165, 1.54) is 0 Å². The largest absolute Gasteiger partial charge is 0.416 e. The van der Waals surface area contributed by atoms with E-state index in [9.17, 15) is 115 Å². The molecule has 3 nitrogen and oxygen atoms in total. The van der Waals surface area contributed by atoms with Gasteiger partial charge in [0.05, 0.1) is 67.5 Å². The number of hydrogen-bond donors (Lipinski definition) is 0. The molecule has 0 heterocycles. The molecular formula is C41H24BF24NO2S. The quantitative estimate of drug-likeness (QED) is 0.0536. The van der Waals surface area contributed by atoms with Crippen molar-refractivity contribution in [1.29, 1.82) is 0 Å². The molecule has 5 rings (SSSR count). The molecule has 0 aliphatic carbocycles. The summed E-state index contributed by atoms with van der Waals surface area (Å²) in [5.41, 5.74) is -29.1. The predicted octanol–water partition coefficient (Wildman–Crippen LogP) is 13.2. The maximum Gasteiger partial charge on any atom is 0.416 e. The number of rotatable bonds is 7. The number of hydrogen-bond acceptors (Lipinski definition) is 2. The van der Waals surface area contributed by atoms with Gasteiger partial charge in [0.2, 0.25) is 0 Å². The fourth-order valence-electron chi connectivity index (χ4n) is 7.19. The molecule has 0 N–H and O–H groups in total. The number of benzene rings is 5. The van der Waals surface area contributed by atoms with Gasteiger partial charge in [-0.2, -0.15) is 127 Å². The van der Waals surface area contributed by atoms with Crippen LogP contribution in [0.5, 0.6) is 0 Å². The monoisotopic (exact) mass is 1060 g/mol. The van der Waals surface area contributed by atoms with Crippen molar-refractivity contribution in [3.63, 3.8) is 0 Å². The van der Waals surface area contributed by atoms with Crippen molar-refractivity contribution in [2.45, 2.75) is 55.2 Å². The second-order valence-corrected chi connectivity index (χ2v) is 17.5. The van der Waals surface area contributed by atoms with Gasteiger partial charge in [0, 0.05) is 6.07 Å². The third-order valence-electron chi connectivity index (χ3n) is 10.1. The Balaban J connectivity index is 0.000000707. The number of para-hydroxylation sites is 1. The molecule has 0 saturated carbocycles. The minimum absolute atomic E-state index is 0.202. The van der Waals surface area contributed by atoms with Gasteiger partial charge in [-0.05, 0) is 41.2 Å². The zero-order valence-corrected chi connectivity index (χ0v) is 35.1. The van der Waals surface area contributed by atoms with Crippen LogP contribution in [0.2, 0.25) is 0 Å². The second-order valence-electron chi connectivity index (χ2n) is 15.2. The van der Waals surface area contributed by atoms with Crippen LogP contribution in [0.25, 0.3) is 0 Å². The third-order valence-corrected chi connectivity index (χ3v) is 11.0. The molecule has 5 aromatic rings. The van der Waals surface area contributed by atoms with Gasteiger partial charge in [-0.3, -0.25) is 10.1 Å². The summed E-state index contributed by atoms with van der Waals surface area (Å²) in [4.78, 5) is 10.3. The Morgan fingerprint density at radius 1 is 0.386 bits per heavy atom. The molecule has 29 heteroatoms. The van der Waals surface area contributed by atoms with Crippen LogP contribution in [-0.4, -0.2) is 23.6 Å². The Bertz CT molecular complexity index is 2270. The first-order valence-electron chi connectivity index (χ1n) is 18.5. The first-order valence-corrected chi connectivity index (χ1v) is 20.7. The van der Waals surface area contributed by atoms with Gasteiger partial charge in [-0.15, -0.1) is 0 Å². The lowest BCUT2D eigenvalue weighted by Gasteiger charge is -2.46. The van der Waals surface area contributed by atoms with Gasteiger partial charge >= 0.3 is 49.4 Å². The van der Waals surface area contributed by atoms with E-state index in [1.54, 1.807) is 12.1 Å². The maximum absolute atomic E-state index is 14.2. The molecule has 0 spiro atoms. The molecule has 0 aliphatic rings. The van der Waals surface area contributed by atoms with Crippen molar-refractivity contribution < 1.29 is 110 Å². The number of alkyl halides is 24. The van der Waals surface area contributed by atoms with Crippen LogP contribution in [0.1, 0.15) is 50.1 Å². The fourth-order valence-corrected chi connectivity index (χ4v) is 8.06. The lowest BCUT2D eigenvalue weighted by Crippen LogP contribution is -2.75. The highest BCUT2D eigenvalue weighted by molar-refractivity contribution is 7.94. The Kier molecular flexibility index (Phi) is 15.5. The van der Waals surface area contributed by atoms with E-state index in [0.717, 1.165) is 11.3 Å². The molecule has 70 heavy (non-hydrogen) atoms. The summed E-state index contributed by atoms with van der Waals surface area (Å²) in [6, 6.07) is -1.89. The number of nitro groups is 1. The van der Waals surface area contributed by atoms with E-state index >= 15 is 0 Å². The standard InChI is InChI=1S/C32H12BF24.C9H12NO2S/c34-25(35,36)13-1-14(26(37,38)39)6-21(5-13)33(22-7-15(27(40,41)42)2-16(8-22)28(43,44)45,23-9-17(29(46,47)48)3-18(10-23)30(49,50)51)24-11-19(31(52,53)54)4-20(12-24)32(55,56)57;1-13(2)7-8-5-3-4-6-9(8)10(11)12/h1-12H;3-6H,7H2,1-2H3/q-1;+1. The second kappa shape index (κ2) is 19.1. The van der Waals surface area contributed by atoms with Crippen LogP contribution < -0.4 is 21.9 Å². The Labute approximate surface area is 379 Å². The van der Waals surface area contributed by atoms with Gasteiger partial charge in [0.25, 0.3) is 5.69 Å². The average molecular weight is 1060 g/mol. The summed E-state index contributed by atoms with van der Waals surface area (Å²) >= 11 is 0. The van der Waals surface area contributed by atoms with Crippen molar-refractivity contribution in [2.24, 2.45) is 0 Å². The summed E-state index contributed by atoms with van der Waals surface area (Å²) < 4.78 is 341. The van der Waals surface area contributed by atoms with E-state index in [0.29, 0.717) is 0 Å². The summed E-state index contributed by atoms with van der Waals surface area (Å²) in [5.74, 6) is 0.789. The summed E-state index contributed by atoms with van der Waals surface area (Å²) in [6.45, 7) is 0. The third kappa shape index (κ3) is 13.1. The SMILES string of the molecule is C[S+](C)Cc1ccccc1[N+](=O)[O-].FC(F)(F)c1cc([B-](c2cc(C(F)(F)F)cc(C(F)(F)F)c2)(c2cc(C(F)(F)F)cc(C(F)(F)F)c2)c2cc(C(F)(F)F)cc(C(F)(F)F)c2)cc(C(F)(F)F)c1. The van der Waals surface area contributed by atoms with Crippen molar-refractivity contribution in [1.82, 2.24) is 0 Å². The summed E-state index contributed by atoms with van der Waals surface area (Å²) in [7, 11) is 0.202. The minimum Gasteiger partial charge on any atom is -0.258 e. The van der Waals surface area contributed by atoms with Crippen LogP contribution >= 0.6 is 0 Å². The molecule has 0 amide bonds. The summed E-state index contributed by atoms with van der Waals surface area (Å²) in [6.07, 6.45) is -50.6. The molecule has 0 fully saturated rings. The number of nitro benzene ring substituents is 1. The van der Waals surface area contributed by atoms with E-state index in [4.69, 9.17) is 0 Å². The van der Waals surface area contributed by atoms with Crippen molar-refractivity contribution >= 4 is 44.6 Å². The fraction of sp³-hybridized carbons (Fsp3) is 0.268. The lowest BCUT2D eigenvalue weighted by atomic mass is 9.12. The Morgan fingerprint density at radius 2 is 0.586 bits per heavy atom.